The predicted octanol–water partition coefficient (Wildman–Crippen LogP) is 2.35. The number of rotatable bonds is 0. The Morgan fingerprint density at radius 2 is 1.73 bits per heavy atom. The van der Waals surface area contributed by atoms with Gasteiger partial charge in [-0.3, -0.25) is 0 Å². The number of halogens is 1. The van der Waals surface area contributed by atoms with E-state index >= 15 is 0 Å². The average molecular weight is 223 g/mol. The molecule has 0 radical (unpaired) electrons. The topological polar surface area (TPSA) is 43.4 Å². The number of carbonyl (C=O) groups is 2. The van der Waals surface area contributed by atoms with Gasteiger partial charge in [-0.15, -0.1) is 0 Å². The standard InChI is InChI=1S/C11H7ClO3/c1-6(12)9-7-4-2-3-5-8(7)10(13)15-11(9)14/h2-5H,1H3/b9-6-. The van der Waals surface area contributed by atoms with Crippen molar-refractivity contribution in [2.45, 2.75) is 6.92 Å². The Bertz CT molecular complexity index is 484. The third-order valence-corrected chi connectivity index (χ3v) is 2.34. The van der Waals surface area contributed by atoms with Crippen LogP contribution in [0.2, 0.25) is 0 Å². The third-order valence-electron chi connectivity index (χ3n) is 2.15. The highest BCUT2D eigenvalue weighted by Gasteiger charge is 2.30. The molecule has 0 amide bonds. The van der Waals surface area contributed by atoms with E-state index < -0.39 is 11.9 Å². The highest BCUT2D eigenvalue weighted by molar-refractivity contribution is 6.40. The van der Waals surface area contributed by atoms with Crippen molar-refractivity contribution < 1.29 is 14.3 Å². The van der Waals surface area contributed by atoms with Gasteiger partial charge < -0.3 is 4.74 Å². The lowest BCUT2D eigenvalue weighted by Gasteiger charge is -2.16. The van der Waals surface area contributed by atoms with E-state index in [9.17, 15) is 9.59 Å². The van der Waals surface area contributed by atoms with Crippen molar-refractivity contribution in [3.63, 3.8) is 0 Å². The van der Waals surface area contributed by atoms with Crippen molar-refractivity contribution in [1.29, 1.82) is 0 Å². The Labute approximate surface area is 91.3 Å². The van der Waals surface area contributed by atoms with Gasteiger partial charge in [0.25, 0.3) is 0 Å². The molecule has 3 nitrogen and oxygen atoms in total. The zero-order chi connectivity index (χ0) is 11.0. The normalized spacial score (nSPS) is 18.3. The van der Waals surface area contributed by atoms with Crippen LogP contribution in [-0.2, 0) is 9.53 Å². The molecule has 4 heteroatoms. The number of esters is 2. The molecule has 1 heterocycles. The quantitative estimate of drug-likeness (QED) is 0.385. The summed E-state index contributed by atoms with van der Waals surface area (Å²) in [6.45, 7) is 1.59. The molecule has 0 aromatic heterocycles. The van der Waals surface area contributed by atoms with Gasteiger partial charge >= 0.3 is 11.9 Å². The summed E-state index contributed by atoms with van der Waals surface area (Å²) in [7, 11) is 0. The van der Waals surface area contributed by atoms with Gasteiger partial charge in [-0.25, -0.2) is 9.59 Å². The highest BCUT2D eigenvalue weighted by atomic mass is 35.5. The SMILES string of the molecule is C/C(Cl)=C1/C(=O)OC(=O)c2ccccc21. The first kappa shape index (κ1) is 9.93. The molecule has 1 aliphatic rings. The summed E-state index contributed by atoms with van der Waals surface area (Å²) in [5.41, 5.74) is 1.16. The number of cyclic esters (lactones) is 2. The Kier molecular flexibility index (Phi) is 2.32. The van der Waals surface area contributed by atoms with E-state index in [2.05, 4.69) is 4.74 Å². The largest absolute Gasteiger partial charge is 0.386 e. The second-order valence-corrected chi connectivity index (χ2v) is 3.70. The molecule has 0 saturated heterocycles. The number of carbonyl (C=O) groups excluding carboxylic acids is 2. The molecule has 0 saturated carbocycles. The van der Waals surface area contributed by atoms with Crippen molar-refractivity contribution in [2.24, 2.45) is 0 Å². The maximum absolute atomic E-state index is 11.4. The fourth-order valence-electron chi connectivity index (χ4n) is 1.51. The smallest absolute Gasteiger partial charge is 0.347 e. The van der Waals surface area contributed by atoms with Crippen molar-refractivity contribution in [3.8, 4) is 0 Å². The summed E-state index contributed by atoms with van der Waals surface area (Å²) < 4.78 is 4.57. The number of allylic oxidation sites excluding steroid dienone is 1. The number of benzene rings is 1. The second-order valence-electron chi connectivity index (χ2n) is 3.13. The molecular formula is C11H7ClO3. The average Bonchev–Trinajstić information content (AvgIpc) is 2.17. The van der Waals surface area contributed by atoms with Gasteiger partial charge in [0, 0.05) is 10.6 Å². The minimum Gasteiger partial charge on any atom is -0.386 e. The molecular weight excluding hydrogens is 216 g/mol. The second kappa shape index (κ2) is 3.51. The fraction of sp³-hybridized carbons (Fsp3) is 0.0909. The number of ether oxygens (including phenoxy) is 1. The summed E-state index contributed by atoms with van der Waals surface area (Å²) in [5.74, 6) is -1.32. The molecule has 1 aliphatic heterocycles. The molecule has 0 unspecified atom stereocenters. The molecule has 1 aromatic carbocycles. The predicted molar refractivity (Wildman–Crippen MR) is 55.3 cm³/mol. The summed E-state index contributed by atoms with van der Waals surface area (Å²) >= 11 is 5.79. The molecule has 0 N–H and O–H groups in total. The zero-order valence-electron chi connectivity index (χ0n) is 7.91. The lowest BCUT2D eigenvalue weighted by molar-refractivity contribution is -0.131. The van der Waals surface area contributed by atoms with Crippen molar-refractivity contribution in [2.75, 3.05) is 0 Å². The van der Waals surface area contributed by atoms with Gasteiger partial charge in [-0.1, -0.05) is 29.8 Å². The van der Waals surface area contributed by atoms with Crippen LogP contribution in [0.4, 0.5) is 0 Å². The lowest BCUT2D eigenvalue weighted by Crippen LogP contribution is -2.22. The van der Waals surface area contributed by atoms with Gasteiger partial charge in [0.15, 0.2) is 0 Å². The molecule has 2 rings (SSSR count). The summed E-state index contributed by atoms with van der Waals surface area (Å²) in [4.78, 5) is 22.8. The molecule has 15 heavy (non-hydrogen) atoms. The number of hydrogen-bond acceptors (Lipinski definition) is 3. The molecule has 0 aliphatic carbocycles. The summed E-state index contributed by atoms with van der Waals surface area (Å²) in [6.07, 6.45) is 0. The van der Waals surface area contributed by atoms with Crippen LogP contribution in [0.1, 0.15) is 22.8 Å². The first-order valence-corrected chi connectivity index (χ1v) is 4.71. The van der Waals surface area contributed by atoms with E-state index in [0.717, 1.165) is 0 Å². The van der Waals surface area contributed by atoms with Gasteiger partial charge in [0.1, 0.15) is 0 Å². The van der Waals surface area contributed by atoms with Crippen LogP contribution < -0.4 is 0 Å². The minimum atomic E-state index is -0.689. The minimum absolute atomic E-state index is 0.256. The molecule has 0 spiro atoms. The van der Waals surface area contributed by atoms with Crippen LogP contribution in [0.3, 0.4) is 0 Å². The van der Waals surface area contributed by atoms with Gasteiger partial charge in [0.05, 0.1) is 11.1 Å². The summed E-state index contributed by atoms with van der Waals surface area (Å²) in [6, 6.07) is 6.72. The Morgan fingerprint density at radius 1 is 1.13 bits per heavy atom. The first-order chi connectivity index (χ1) is 7.11. The monoisotopic (exact) mass is 222 g/mol. The van der Waals surface area contributed by atoms with E-state index in [1.807, 2.05) is 0 Å². The highest BCUT2D eigenvalue weighted by Crippen LogP contribution is 2.30. The molecule has 1 aromatic rings. The Balaban J connectivity index is 2.73. The van der Waals surface area contributed by atoms with Gasteiger partial charge in [-0.2, -0.15) is 0 Å². The van der Waals surface area contributed by atoms with Gasteiger partial charge in [0.2, 0.25) is 0 Å². The van der Waals surface area contributed by atoms with E-state index in [-0.39, 0.29) is 5.57 Å². The van der Waals surface area contributed by atoms with Crippen molar-refractivity contribution >= 4 is 29.1 Å². The van der Waals surface area contributed by atoms with Crippen molar-refractivity contribution in [1.82, 2.24) is 0 Å². The molecule has 0 atom stereocenters. The molecule has 0 fully saturated rings. The number of hydrogen-bond donors (Lipinski definition) is 0. The maximum Gasteiger partial charge on any atom is 0.347 e. The van der Waals surface area contributed by atoms with Crippen LogP contribution in [0.5, 0.6) is 0 Å². The third kappa shape index (κ3) is 1.55. The van der Waals surface area contributed by atoms with Crippen molar-refractivity contribution in [3.05, 3.63) is 40.4 Å². The van der Waals surface area contributed by atoms with E-state index in [1.165, 1.54) is 0 Å². The maximum atomic E-state index is 11.4. The van der Waals surface area contributed by atoms with Crippen LogP contribution >= 0.6 is 11.6 Å². The number of fused-ring (bicyclic) bond motifs is 1. The lowest BCUT2D eigenvalue weighted by atomic mass is 9.97. The van der Waals surface area contributed by atoms with Gasteiger partial charge in [-0.05, 0) is 13.0 Å². The van der Waals surface area contributed by atoms with Crippen LogP contribution in [0.15, 0.2) is 29.3 Å². The first-order valence-electron chi connectivity index (χ1n) is 4.33. The van der Waals surface area contributed by atoms with E-state index in [0.29, 0.717) is 16.2 Å². The van der Waals surface area contributed by atoms with Crippen LogP contribution in [0.25, 0.3) is 5.57 Å². The Morgan fingerprint density at radius 3 is 2.33 bits per heavy atom. The summed E-state index contributed by atoms with van der Waals surface area (Å²) in [5, 5.41) is 0.319. The van der Waals surface area contributed by atoms with Crippen LogP contribution in [0, 0.1) is 0 Å². The fourth-order valence-corrected chi connectivity index (χ4v) is 1.68. The van der Waals surface area contributed by atoms with Crippen LogP contribution in [-0.4, -0.2) is 11.9 Å². The Hall–Kier alpha value is -1.61. The van der Waals surface area contributed by atoms with E-state index in [1.54, 1.807) is 31.2 Å². The van der Waals surface area contributed by atoms with E-state index in [4.69, 9.17) is 11.6 Å². The zero-order valence-corrected chi connectivity index (χ0v) is 8.67. The molecule has 76 valence electrons. The molecule has 0 bridgehead atoms.